The second-order valence-electron chi connectivity index (χ2n) is 6.76. The van der Waals surface area contributed by atoms with Gasteiger partial charge in [-0.3, -0.25) is 4.52 Å². The Bertz CT molecular complexity index is 898. The number of ether oxygens (including phenoxy) is 1. The van der Waals surface area contributed by atoms with Gasteiger partial charge in [-0.15, -0.1) is 23.1 Å². The van der Waals surface area contributed by atoms with E-state index in [-0.39, 0.29) is 6.61 Å². The Labute approximate surface area is 180 Å². The molecule has 0 saturated carbocycles. The van der Waals surface area contributed by atoms with Crippen LogP contribution in [0.4, 0.5) is 0 Å². The largest absolute Gasteiger partial charge is 0.493 e. The third-order valence-corrected chi connectivity index (χ3v) is 6.17. The average Bonchev–Trinajstić information content (AvgIpc) is 3.12. The zero-order chi connectivity index (χ0) is 21.3. The number of phosphoric acid groups is 1. The van der Waals surface area contributed by atoms with Gasteiger partial charge < -0.3 is 20.3 Å². The number of phosphoric ester groups is 1. The Morgan fingerprint density at radius 3 is 2.83 bits per heavy atom. The second-order valence-corrected chi connectivity index (χ2v) is 10.1. The quantitative estimate of drug-likeness (QED) is 0.215. The molecule has 0 radical (unpaired) electrons. The maximum atomic E-state index is 10.8. The van der Waals surface area contributed by atoms with Crippen LogP contribution in [0, 0.1) is 11.8 Å². The molecule has 2 rings (SSSR count). The van der Waals surface area contributed by atoms with Crippen LogP contribution in [-0.2, 0) is 15.5 Å². The van der Waals surface area contributed by atoms with E-state index in [1.165, 1.54) is 4.90 Å². The first-order chi connectivity index (χ1) is 13.7. The highest BCUT2D eigenvalue weighted by molar-refractivity contribution is 7.98. The molecule has 0 aliphatic rings. The topological polar surface area (TPSA) is 102 Å². The maximum absolute atomic E-state index is 10.8. The molecular formula is C20H26NO5PS2. The molecular weight excluding hydrogens is 429 g/mol. The molecule has 1 atom stereocenters. The lowest BCUT2D eigenvalue weighted by molar-refractivity contribution is 0.154. The standard InChI is InChI=1S/C20H26NO5PS2/c1-20(21,15-26-27(22,23)24)12-11-18-10-9-17(29-18)7-3-4-13-25-16-6-5-8-19(14-16)28-2/h5-6,8-10,14H,4,11-13,15,21H2,1-2H3,(H2,22,23,24). The predicted octanol–water partition coefficient (Wildman–Crippen LogP) is 4.05. The number of hydrogen-bond acceptors (Lipinski definition) is 6. The van der Waals surface area contributed by atoms with E-state index in [9.17, 15) is 4.57 Å². The van der Waals surface area contributed by atoms with Crippen molar-refractivity contribution < 1.29 is 23.6 Å². The van der Waals surface area contributed by atoms with Crippen LogP contribution < -0.4 is 10.5 Å². The summed E-state index contributed by atoms with van der Waals surface area (Å²) in [6.45, 7) is 2.05. The minimum atomic E-state index is -4.50. The van der Waals surface area contributed by atoms with Crippen molar-refractivity contribution in [2.45, 2.75) is 36.6 Å². The molecule has 1 aromatic heterocycles. The average molecular weight is 456 g/mol. The van der Waals surface area contributed by atoms with Gasteiger partial charge in [0, 0.05) is 21.7 Å². The zero-order valence-corrected chi connectivity index (χ0v) is 19.0. The second kappa shape index (κ2) is 11.2. The molecule has 0 amide bonds. The van der Waals surface area contributed by atoms with Crippen molar-refractivity contribution in [1.29, 1.82) is 0 Å². The molecule has 29 heavy (non-hydrogen) atoms. The van der Waals surface area contributed by atoms with Crippen LogP contribution in [0.1, 0.15) is 29.5 Å². The van der Waals surface area contributed by atoms with Crippen molar-refractivity contribution >= 4 is 30.9 Å². The van der Waals surface area contributed by atoms with Gasteiger partial charge in [0.25, 0.3) is 0 Å². The van der Waals surface area contributed by atoms with E-state index in [2.05, 4.69) is 16.4 Å². The molecule has 1 unspecified atom stereocenters. The van der Waals surface area contributed by atoms with Gasteiger partial charge in [0.15, 0.2) is 0 Å². The highest BCUT2D eigenvalue weighted by Gasteiger charge is 2.24. The molecule has 0 saturated heterocycles. The van der Waals surface area contributed by atoms with Crippen LogP contribution in [0.15, 0.2) is 41.3 Å². The van der Waals surface area contributed by atoms with Crippen LogP contribution in [-0.4, -0.2) is 34.8 Å². The summed E-state index contributed by atoms with van der Waals surface area (Å²) in [5, 5.41) is 0. The van der Waals surface area contributed by atoms with E-state index in [0.29, 0.717) is 25.9 Å². The van der Waals surface area contributed by atoms with Crippen molar-refractivity contribution in [2.75, 3.05) is 19.5 Å². The molecule has 0 aliphatic carbocycles. The lowest BCUT2D eigenvalue weighted by Crippen LogP contribution is -2.41. The molecule has 1 heterocycles. The van der Waals surface area contributed by atoms with Gasteiger partial charge in [0.05, 0.1) is 18.1 Å². The van der Waals surface area contributed by atoms with Crippen molar-refractivity contribution in [1.82, 2.24) is 0 Å². The lowest BCUT2D eigenvalue weighted by Gasteiger charge is -2.24. The molecule has 9 heteroatoms. The Balaban J connectivity index is 1.75. The van der Waals surface area contributed by atoms with Crippen molar-refractivity contribution in [3.05, 3.63) is 46.2 Å². The number of hydrogen-bond donors (Lipinski definition) is 3. The molecule has 6 nitrogen and oxygen atoms in total. The summed E-state index contributed by atoms with van der Waals surface area (Å²) in [4.78, 5) is 20.8. The summed E-state index contributed by atoms with van der Waals surface area (Å²) < 4.78 is 21.0. The first kappa shape index (κ1) is 24.0. The van der Waals surface area contributed by atoms with Gasteiger partial charge in [-0.2, -0.15) is 0 Å². The molecule has 0 spiro atoms. The van der Waals surface area contributed by atoms with E-state index in [1.807, 2.05) is 42.7 Å². The summed E-state index contributed by atoms with van der Waals surface area (Å²) in [6.07, 6.45) is 3.91. The summed E-state index contributed by atoms with van der Waals surface area (Å²) in [5.41, 5.74) is 5.23. The van der Waals surface area contributed by atoms with Crippen LogP contribution in [0.2, 0.25) is 0 Å². The van der Waals surface area contributed by atoms with Crippen LogP contribution >= 0.6 is 30.9 Å². The lowest BCUT2D eigenvalue weighted by atomic mass is 9.98. The Hall–Kier alpha value is -1.30. The zero-order valence-electron chi connectivity index (χ0n) is 16.5. The van der Waals surface area contributed by atoms with Crippen LogP contribution in [0.25, 0.3) is 0 Å². The highest BCUT2D eigenvalue weighted by atomic mass is 32.2. The molecule has 0 bridgehead atoms. The molecule has 4 N–H and O–H groups in total. The molecule has 2 aromatic rings. The van der Waals surface area contributed by atoms with Gasteiger partial charge in [-0.1, -0.05) is 17.9 Å². The number of benzene rings is 1. The van der Waals surface area contributed by atoms with E-state index in [0.717, 1.165) is 15.5 Å². The predicted molar refractivity (Wildman–Crippen MR) is 118 cm³/mol. The number of thioether (sulfide) groups is 1. The van der Waals surface area contributed by atoms with Gasteiger partial charge in [0.2, 0.25) is 0 Å². The van der Waals surface area contributed by atoms with Gasteiger partial charge in [-0.25, -0.2) is 4.57 Å². The van der Waals surface area contributed by atoms with Crippen molar-refractivity contribution in [3.63, 3.8) is 0 Å². The van der Waals surface area contributed by atoms with E-state index in [4.69, 9.17) is 20.3 Å². The molecule has 158 valence electrons. The van der Waals surface area contributed by atoms with Gasteiger partial charge in [-0.05, 0) is 56.4 Å². The fourth-order valence-electron chi connectivity index (χ4n) is 2.35. The molecule has 1 aromatic carbocycles. The van der Waals surface area contributed by atoms with E-state index in [1.54, 1.807) is 30.0 Å². The van der Waals surface area contributed by atoms with Crippen molar-refractivity contribution in [2.24, 2.45) is 5.73 Å². The maximum Gasteiger partial charge on any atom is 0.469 e. The molecule has 0 fully saturated rings. The summed E-state index contributed by atoms with van der Waals surface area (Å²) in [6, 6.07) is 11.9. The first-order valence-corrected chi connectivity index (χ1v) is 12.6. The Morgan fingerprint density at radius 1 is 1.31 bits per heavy atom. The van der Waals surface area contributed by atoms with Gasteiger partial charge in [0.1, 0.15) is 5.75 Å². The summed E-state index contributed by atoms with van der Waals surface area (Å²) in [7, 11) is -4.50. The van der Waals surface area contributed by atoms with E-state index < -0.39 is 13.4 Å². The number of aryl methyl sites for hydroxylation is 1. The van der Waals surface area contributed by atoms with E-state index >= 15 is 0 Å². The fraction of sp³-hybridized carbons (Fsp3) is 0.400. The third kappa shape index (κ3) is 9.83. The fourth-order valence-corrected chi connectivity index (χ4v) is 4.15. The normalized spacial score (nSPS) is 13.4. The summed E-state index contributed by atoms with van der Waals surface area (Å²) in [5.74, 6) is 7.12. The van der Waals surface area contributed by atoms with Gasteiger partial charge >= 0.3 is 7.82 Å². The Morgan fingerprint density at radius 2 is 2.10 bits per heavy atom. The van der Waals surface area contributed by atoms with Crippen LogP contribution in [0.5, 0.6) is 5.75 Å². The Kier molecular flexibility index (Phi) is 9.25. The summed E-state index contributed by atoms with van der Waals surface area (Å²) >= 11 is 3.27. The minimum absolute atomic E-state index is 0.199. The number of nitrogens with two attached hydrogens (primary N) is 1. The van der Waals surface area contributed by atoms with Crippen molar-refractivity contribution in [3.8, 4) is 17.6 Å². The smallest absolute Gasteiger partial charge is 0.469 e. The SMILES string of the molecule is CSc1cccc(OCCC#Cc2ccc(CCC(C)(N)COP(=O)(O)O)s2)c1. The number of rotatable bonds is 10. The third-order valence-electron chi connectivity index (χ3n) is 3.92. The highest BCUT2D eigenvalue weighted by Crippen LogP contribution is 2.37. The van der Waals surface area contributed by atoms with Crippen LogP contribution in [0.3, 0.4) is 0 Å². The monoisotopic (exact) mass is 455 g/mol. The molecule has 0 aliphatic heterocycles. The number of thiophene rings is 1. The first-order valence-electron chi connectivity index (χ1n) is 9.00. The minimum Gasteiger partial charge on any atom is -0.493 e.